The first-order valence-electron chi connectivity index (χ1n) is 10.4. The van der Waals surface area contributed by atoms with Crippen LogP contribution in [0.1, 0.15) is 11.1 Å². The molecule has 7 nitrogen and oxygen atoms in total. The van der Waals surface area contributed by atoms with Crippen LogP contribution < -0.4 is 19.5 Å². The van der Waals surface area contributed by atoms with Gasteiger partial charge in [-0.2, -0.15) is 0 Å². The average Bonchev–Trinajstić information content (AvgIpc) is 3.09. The van der Waals surface area contributed by atoms with E-state index in [1.807, 2.05) is 0 Å². The highest BCUT2D eigenvalue weighted by Crippen LogP contribution is 2.36. The Hall–Kier alpha value is -4.33. The number of amides is 2. The third kappa shape index (κ3) is 4.30. The summed E-state index contributed by atoms with van der Waals surface area (Å²) in [4.78, 5) is 27.9. The Bertz CT molecular complexity index is 1270. The molecular formula is C26H23FN2O5. The number of benzene rings is 3. The van der Waals surface area contributed by atoms with E-state index in [4.69, 9.17) is 14.2 Å². The zero-order valence-corrected chi connectivity index (χ0v) is 18.9. The van der Waals surface area contributed by atoms with E-state index < -0.39 is 17.6 Å². The number of methoxy groups -OCH3 is 3. The van der Waals surface area contributed by atoms with Crippen molar-refractivity contribution in [3.63, 3.8) is 0 Å². The van der Waals surface area contributed by atoms with Gasteiger partial charge in [-0.3, -0.25) is 14.5 Å². The minimum absolute atomic E-state index is 0.0648. The van der Waals surface area contributed by atoms with Gasteiger partial charge in [0, 0.05) is 11.6 Å². The summed E-state index contributed by atoms with van der Waals surface area (Å²) >= 11 is 0. The summed E-state index contributed by atoms with van der Waals surface area (Å²) in [6, 6.07) is 17.9. The lowest BCUT2D eigenvalue weighted by molar-refractivity contribution is -0.137. The third-order valence-corrected chi connectivity index (χ3v) is 5.50. The van der Waals surface area contributed by atoms with Gasteiger partial charge in [0.2, 0.25) is 0 Å². The molecule has 0 aromatic heterocycles. The van der Waals surface area contributed by atoms with E-state index in [2.05, 4.69) is 5.32 Å². The number of hydrogen-bond donors (Lipinski definition) is 1. The molecule has 34 heavy (non-hydrogen) atoms. The lowest BCUT2D eigenvalue weighted by atomic mass is 10.0. The topological polar surface area (TPSA) is 77.1 Å². The van der Waals surface area contributed by atoms with Crippen LogP contribution in [0.2, 0.25) is 0 Å². The number of carbonyl (C=O) groups excluding carboxylic acids is 2. The van der Waals surface area contributed by atoms with Crippen molar-refractivity contribution in [3.8, 4) is 17.2 Å². The first-order chi connectivity index (χ1) is 16.5. The van der Waals surface area contributed by atoms with Crippen molar-refractivity contribution in [2.75, 3.05) is 26.6 Å². The summed E-state index contributed by atoms with van der Waals surface area (Å²) in [5.74, 6) is 0.00355. The normalized spacial score (nSPS) is 13.4. The minimum Gasteiger partial charge on any atom is -0.497 e. The molecule has 0 radical (unpaired) electrons. The highest BCUT2D eigenvalue weighted by Gasteiger charge is 2.39. The molecule has 174 valence electrons. The van der Waals surface area contributed by atoms with E-state index in [-0.39, 0.29) is 23.4 Å². The fourth-order valence-corrected chi connectivity index (χ4v) is 3.69. The molecule has 1 aliphatic rings. The molecule has 0 unspecified atom stereocenters. The Kier molecular flexibility index (Phi) is 6.49. The van der Waals surface area contributed by atoms with E-state index in [1.54, 1.807) is 60.7 Å². The number of nitrogens with one attached hydrogen (secondary N) is 1. The summed E-state index contributed by atoms with van der Waals surface area (Å²) in [7, 11) is 4.56. The van der Waals surface area contributed by atoms with Crippen LogP contribution in [-0.2, 0) is 16.1 Å². The Morgan fingerprint density at radius 2 is 1.50 bits per heavy atom. The molecular weight excluding hydrogens is 439 g/mol. The maximum Gasteiger partial charge on any atom is 0.278 e. The molecule has 0 aliphatic carbocycles. The lowest BCUT2D eigenvalue weighted by Crippen LogP contribution is -2.32. The van der Waals surface area contributed by atoms with E-state index in [1.165, 1.54) is 27.4 Å². The zero-order chi connectivity index (χ0) is 24.2. The van der Waals surface area contributed by atoms with Gasteiger partial charge in [-0.25, -0.2) is 4.39 Å². The average molecular weight is 462 g/mol. The highest BCUT2D eigenvalue weighted by atomic mass is 19.1. The number of hydrogen-bond acceptors (Lipinski definition) is 6. The van der Waals surface area contributed by atoms with Crippen LogP contribution >= 0.6 is 0 Å². The summed E-state index contributed by atoms with van der Waals surface area (Å²) in [6.45, 7) is -0.199. The Balaban J connectivity index is 1.77. The summed E-state index contributed by atoms with van der Waals surface area (Å²) < 4.78 is 30.2. The quantitative estimate of drug-likeness (QED) is 0.505. The van der Waals surface area contributed by atoms with Crippen LogP contribution in [0.4, 0.5) is 10.1 Å². The third-order valence-electron chi connectivity index (χ3n) is 5.50. The van der Waals surface area contributed by atoms with Crippen LogP contribution in [-0.4, -0.2) is 38.0 Å². The number of imide groups is 1. The monoisotopic (exact) mass is 462 g/mol. The van der Waals surface area contributed by atoms with Gasteiger partial charge in [-0.1, -0.05) is 30.3 Å². The van der Waals surface area contributed by atoms with Crippen molar-refractivity contribution in [1.29, 1.82) is 0 Å². The maximum absolute atomic E-state index is 14.3. The van der Waals surface area contributed by atoms with Crippen molar-refractivity contribution in [2.45, 2.75) is 6.54 Å². The fraction of sp³-hybridized carbons (Fsp3) is 0.154. The molecule has 0 bridgehead atoms. The van der Waals surface area contributed by atoms with Gasteiger partial charge in [0.1, 0.15) is 28.8 Å². The molecule has 8 heteroatoms. The van der Waals surface area contributed by atoms with Crippen molar-refractivity contribution < 1.29 is 28.2 Å². The Labute approximate surface area is 196 Å². The number of halogens is 1. The maximum atomic E-state index is 14.3. The van der Waals surface area contributed by atoms with E-state index in [0.717, 1.165) is 4.90 Å². The second kappa shape index (κ2) is 9.66. The van der Waals surface area contributed by atoms with Crippen LogP contribution in [0.15, 0.2) is 72.4 Å². The second-order valence-electron chi connectivity index (χ2n) is 7.46. The van der Waals surface area contributed by atoms with Gasteiger partial charge >= 0.3 is 0 Å². The van der Waals surface area contributed by atoms with Crippen molar-refractivity contribution in [1.82, 2.24) is 4.90 Å². The van der Waals surface area contributed by atoms with Gasteiger partial charge in [0.05, 0.1) is 39.1 Å². The molecule has 0 fully saturated rings. The van der Waals surface area contributed by atoms with Crippen LogP contribution in [0.5, 0.6) is 17.2 Å². The molecule has 1 heterocycles. The number of carbonyl (C=O) groups is 2. The number of ether oxygens (including phenoxy) is 3. The standard InChI is InChI=1S/C26H23FN2O5/c1-32-18-10-8-16(9-11-18)23-24(28-21-13-12-19(33-2)14-22(21)34-3)26(31)29(25(23)30)15-17-6-4-5-7-20(17)27/h4-14,28H,15H2,1-3H3. The molecule has 3 aromatic rings. The SMILES string of the molecule is COc1ccc(C2=C(Nc3ccc(OC)cc3OC)C(=O)N(Cc3ccccc3F)C2=O)cc1. The number of rotatable bonds is 8. The predicted octanol–water partition coefficient (Wildman–Crippen LogP) is 4.24. The van der Waals surface area contributed by atoms with Gasteiger partial charge in [0.25, 0.3) is 11.8 Å². The zero-order valence-electron chi connectivity index (χ0n) is 18.9. The lowest BCUT2D eigenvalue weighted by Gasteiger charge is -2.16. The molecule has 0 atom stereocenters. The molecule has 1 N–H and O–H groups in total. The molecule has 0 spiro atoms. The molecule has 1 aliphatic heterocycles. The molecule has 0 saturated carbocycles. The van der Waals surface area contributed by atoms with Gasteiger partial charge in [-0.05, 0) is 35.9 Å². The van der Waals surface area contributed by atoms with Gasteiger partial charge in [0.15, 0.2) is 0 Å². The second-order valence-corrected chi connectivity index (χ2v) is 7.46. The van der Waals surface area contributed by atoms with Crippen LogP contribution in [0.3, 0.4) is 0 Å². The largest absolute Gasteiger partial charge is 0.497 e. The van der Waals surface area contributed by atoms with Crippen molar-refractivity contribution in [2.24, 2.45) is 0 Å². The predicted molar refractivity (Wildman–Crippen MR) is 125 cm³/mol. The first-order valence-corrected chi connectivity index (χ1v) is 10.4. The number of anilines is 1. The van der Waals surface area contributed by atoms with E-state index in [9.17, 15) is 14.0 Å². The fourth-order valence-electron chi connectivity index (χ4n) is 3.69. The highest BCUT2D eigenvalue weighted by molar-refractivity contribution is 6.36. The van der Waals surface area contributed by atoms with E-state index >= 15 is 0 Å². The number of nitrogens with zero attached hydrogens (tertiary/aromatic N) is 1. The summed E-state index contributed by atoms with van der Waals surface area (Å²) in [5.41, 5.74) is 1.46. The first kappa shape index (κ1) is 22.8. The Morgan fingerprint density at radius 3 is 2.15 bits per heavy atom. The molecule has 3 aromatic carbocycles. The smallest absolute Gasteiger partial charge is 0.278 e. The van der Waals surface area contributed by atoms with Crippen molar-refractivity contribution >= 4 is 23.1 Å². The minimum atomic E-state index is -0.572. The van der Waals surface area contributed by atoms with Gasteiger partial charge in [-0.15, -0.1) is 0 Å². The molecule has 4 rings (SSSR count). The molecule has 0 saturated heterocycles. The van der Waals surface area contributed by atoms with Crippen molar-refractivity contribution in [3.05, 3.63) is 89.4 Å². The summed E-state index contributed by atoms with van der Waals surface area (Å²) in [6.07, 6.45) is 0. The molecule has 2 amide bonds. The van der Waals surface area contributed by atoms with Crippen LogP contribution in [0.25, 0.3) is 5.57 Å². The van der Waals surface area contributed by atoms with Gasteiger partial charge < -0.3 is 19.5 Å². The summed E-state index contributed by atoms with van der Waals surface area (Å²) in [5, 5.41) is 3.06. The Morgan fingerprint density at radius 1 is 0.824 bits per heavy atom. The van der Waals surface area contributed by atoms with E-state index in [0.29, 0.717) is 28.5 Å². The van der Waals surface area contributed by atoms with Crippen LogP contribution in [0, 0.1) is 5.82 Å².